The Labute approximate surface area is 147 Å². The summed E-state index contributed by atoms with van der Waals surface area (Å²) in [6.45, 7) is 1.86. The van der Waals surface area contributed by atoms with Gasteiger partial charge < -0.3 is 25.4 Å². The maximum Gasteiger partial charge on any atom is 0.249 e. The SMILES string of the molecule is COc1ccccc1N1CCC(NC(=O)C2(CN)CCOCC2)C1=O. The number of para-hydroxylation sites is 2. The second kappa shape index (κ2) is 7.41. The fourth-order valence-electron chi connectivity index (χ4n) is 3.50. The Morgan fingerprint density at radius 2 is 2.12 bits per heavy atom. The molecular formula is C18H25N3O4. The van der Waals surface area contributed by atoms with Crippen LogP contribution >= 0.6 is 0 Å². The molecule has 1 unspecified atom stereocenters. The number of nitrogens with zero attached hydrogens (tertiary/aromatic N) is 1. The standard InChI is InChI=1S/C18H25N3O4/c1-24-15-5-3-2-4-14(15)21-9-6-13(16(21)22)20-17(23)18(12-19)7-10-25-11-8-18/h2-5,13H,6-12,19H2,1H3,(H,20,23). The molecule has 2 saturated heterocycles. The van der Waals surface area contributed by atoms with Gasteiger partial charge in [0.2, 0.25) is 11.8 Å². The molecule has 1 aromatic rings. The first-order chi connectivity index (χ1) is 12.1. The van der Waals surface area contributed by atoms with Crippen LogP contribution in [0.15, 0.2) is 24.3 Å². The van der Waals surface area contributed by atoms with Crippen LogP contribution in [0.3, 0.4) is 0 Å². The highest BCUT2D eigenvalue weighted by Crippen LogP contribution is 2.33. The summed E-state index contributed by atoms with van der Waals surface area (Å²) in [6, 6.07) is 6.87. The van der Waals surface area contributed by atoms with Gasteiger partial charge in [0, 0.05) is 26.3 Å². The Morgan fingerprint density at radius 3 is 2.80 bits per heavy atom. The van der Waals surface area contributed by atoms with Crippen molar-refractivity contribution in [1.29, 1.82) is 0 Å². The maximum absolute atomic E-state index is 12.8. The fraction of sp³-hybridized carbons (Fsp3) is 0.556. The van der Waals surface area contributed by atoms with E-state index in [4.69, 9.17) is 15.2 Å². The molecule has 136 valence electrons. The van der Waals surface area contributed by atoms with E-state index in [1.165, 1.54) is 0 Å². The maximum atomic E-state index is 12.8. The van der Waals surface area contributed by atoms with Crippen LogP contribution in [-0.4, -0.2) is 51.3 Å². The van der Waals surface area contributed by atoms with E-state index < -0.39 is 11.5 Å². The van der Waals surface area contributed by atoms with Crippen LogP contribution in [-0.2, 0) is 14.3 Å². The number of nitrogens with two attached hydrogens (primary N) is 1. The molecule has 0 saturated carbocycles. The molecule has 2 aliphatic rings. The minimum Gasteiger partial charge on any atom is -0.495 e. The summed E-state index contributed by atoms with van der Waals surface area (Å²) in [7, 11) is 1.58. The number of nitrogens with one attached hydrogen (secondary N) is 1. The van der Waals surface area contributed by atoms with Gasteiger partial charge in [-0.3, -0.25) is 9.59 Å². The first kappa shape index (κ1) is 17.7. The van der Waals surface area contributed by atoms with Crippen molar-refractivity contribution in [2.75, 3.05) is 38.3 Å². The van der Waals surface area contributed by atoms with E-state index in [0.29, 0.717) is 44.8 Å². The van der Waals surface area contributed by atoms with Gasteiger partial charge in [0.25, 0.3) is 0 Å². The molecule has 7 heteroatoms. The topological polar surface area (TPSA) is 93.9 Å². The Balaban J connectivity index is 1.71. The van der Waals surface area contributed by atoms with Crippen LogP contribution in [0.25, 0.3) is 0 Å². The largest absolute Gasteiger partial charge is 0.495 e. The van der Waals surface area contributed by atoms with Crippen molar-refractivity contribution >= 4 is 17.5 Å². The van der Waals surface area contributed by atoms with Gasteiger partial charge in [-0.2, -0.15) is 0 Å². The van der Waals surface area contributed by atoms with Crippen molar-refractivity contribution < 1.29 is 19.1 Å². The first-order valence-electron chi connectivity index (χ1n) is 8.64. The van der Waals surface area contributed by atoms with Crippen molar-refractivity contribution in [2.24, 2.45) is 11.1 Å². The molecule has 2 amide bonds. The molecule has 0 aliphatic carbocycles. The van der Waals surface area contributed by atoms with Crippen molar-refractivity contribution in [3.63, 3.8) is 0 Å². The van der Waals surface area contributed by atoms with E-state index >= 15 is 0 Å². The first-order valence-corrected chi connectivity index (χ1v) is 8.64. The van der Waals surface area contributed by atoms with Gasteiger partial charge in [0.15, 0.2) is 0 Å². The summed E-state index contributed by atoms with van der Waals surface area (Å²) in [5, 5.41) is 2.92. The molecule has 0 spiro atoms. The molecule has 2 fully saturated rings. The van der Waals surface area contributed by atoms with E-state index in [2.05, 4.69) is 5.32 Å². The molecule has 25 heavy (non-hydrogen) atoms. The fourth-order valence-corrected chi connectivity index (χ4v) is 3.50. The number of carbonyl (C=O) groups excluding carboxylic acids is 2. The zero-order valence-corrected chi connectivity index (χ0v) is 14.5. The van der Waals surface area contributed by atoms with Gasteiger partial charge in [-0.05, 0) is 31.4 Å². The van der Waals surface area contributed by atoms with Crippen LogP contribution in [0.5, 0.6) is 5.75 Å². The average molecular weight is 347 g/mol. The Morgan fingerprint density at radius 1 is 1.40 bits per heavy atom. The van der Waals surface area contributed by atoms with E-state index in [9.17, 15) is 9.59 Å². The summed E-state index contributed by atoms with van der Waals surface area (Å²) in [5.41, 5.74) is 5.98. The van der Waals surface area contributed by atoms with Crippen LogP contribution in [0, 0.1) is 5.41 Å². The number of anilines is 1. The molecule has 2 aliphatic heterocycles. The molecule has 7 nitrogen and oxygen atoms in total. The van der Waals surface area contributed by atoms with Gasteiger partial charge >= 0.3 is 0 Å². The molecule has 3 N–H and O–H groups in total. The predicted molar refractivity (Wildman–Crippen MR) is 93.4 cm³/mol. The average Bonchev–Trinajstić information content (AvgIpc) is 3.02. The van der Waals surface area contributed by atoms with E-state index in [0.717, 1.165) is 5.69 Å². The third kappa shape index (κ3) is 3.34. The normalized spacial score (nSPS) is 22.7. The number of hydrogen-bond acceptors (Lipinski definition) is 5. The van der Waals surface area contributed by atoms with Gasteiger partial charge in [0.05, 0.1) is 18.2 Å². The molecule has 1 atom stereocenters. The highest BCUT2D eigenvalue weighted by atomic mass is 16.5. The highest BCUT2D eigenvalue weighted by Gasteiger charge is 2.42. The second-order valence-electron chi connectivity index (χ2n) is 6.57. The lowest BCUT2D eigenvalue weighted by Crippen LogP contribution is -2.53. The minimum atomic E-state index is -0.629. The minimum absolute atomic E-state index is 0.114. The zero-order valence-electron chi connectivity index (χ0n) is 14.5. The molecule has 2 heterocycles. The van der Waals surface area contributed by atoms with Crippen LogP contribution in [0.4, 0.5) is 5.69 Å². The molecular weight excluding hydrogens is 322 g/mol. The Bertz CT molecular complexity index is 643. The van der Waals surface area contributed by atoms with Crippen molar-refractivity contribution in [2.45, 2.75) is 25.3 Å². The van der Waals surface area contributed by atoms with E-state index in [1.807, 2.05) is 24.3 Å². The smallest absolute Gasteiger partial charge is 0.249 e. The highest BCUT2D eigenvalue weighted by molar-refractivity contribution is 6.02. The van der Waals surface area contributed by atoms with Crippen molar-refractivity contribution in [3.05, 3.63) is 24.3 Å². The molecule has 0 aromatic heterocycles. The van der Waals surface area contributed by atoms with Crippen molar-refractivity contribution in [3.8, 4) is 5.75 Å². The molecule has 0 bridgehead atoms. The number of rotatable bonds is 5. The monoisotopic (exact) mass is 347 g/mol. The Hall–Kier alpha value is -2.12. The van der Waals surface area contributed by atoms with Crippen LogP contribution in [0.2, 0.25) is 0 Å². The van der Waals surface area contributed by atoms with E-state index in [1.54, 1.807) is 12.0 Å². The number of methoxy groups -OCH3 is 1. The van der Waals surface area contributed by atoms with Crippen molar-refractivity contribution in [1.82, 2.24) is 5.32 Å². The molecule has 0 radical (unpaired) electrons. The van der Waals surface area contributed by atoms with E-state index in [-0.39, 0.29) is 18.4 Å². The summed E-state index contributed by atoms with van der Waals surface area (Å²) in [6.07, 6.45) is 1.75. The van der Waals surface area contributed by atoms with Gasteiger partial charge in [-0.15, -0.1) is 0 Å². The number of carbonyl (C=O) groups is 2. The zero-order chi connectivity index (χ0) is 17.9. The van der Waals surface area contributed by atoms with Gasteiger partial charge in [-0.1, -0.05) is 12.1 Å². The molecule has 1 aromatic carbocycles. The summed E-state index contributed by atoms with van der Waals surface area (Å²) in [5.74, 6) is 0.390. The Kier molecular flexibility index (Phi) is 5.24. The van der Waals surface area contributed by atoms with Gasteiger partial charge in [-0.25, -0.2) is 0 Å². The predicted octanol–water partition coefficient (Wildman–Crippen LogP) is 0.672. The number of hydrogen-bond donors (Lipinski definition) is 2. The van der Waals surface area contributed by atoms with Crippen LogP contribution in [0.1, 0.15) is 19.3 Å². The third-order valence-electron chi connectivity index (χ3n) is 5.21. The summed E-state index contributed by atoms with van der Waals surface area (Å²) >= 11 is 0. The lowest BCUT2D eigenvalue weighted by molar-refractivity contribution is -0.138. The quantitative estimate of drug-likeness (QED) is 0.817. The summed E-state index contributed by atoms with van der Waals surface area (Å²) in [4.78, 5) is 27.2. The number of ether oxygens (including phenoxy) is 2. The second-order valence-corrected chi connectivity index (χ2v) is 6.57. The van der Waals surface area contributed by atoms with Gasteiger partial charge in [0.1, 0.15) is 11.8 Å². The molecule has 3 rings (SSSR count). The number of amides is 2. The lowest BCUT2D eigenvalue weighted by atomic mass is 9.79. The van der Waals surface area contributed by atoms with Crippen LogP contribution < -0.4 is 20.7 Å². The third-order valence-corrected chi connectivity index (χ3v) is 5.21. The number of benzene rings is 1. The summed E-state index contributed by atoms with van der Waals surface area (Å²) < 4.78 is 10.7. The lowest BCUT2D eigenvalue weighted by Gasteiger charge is -2.35.